The van der Waals surface area contributed by atoms with Crippen molar-refractivity contribution in [3.8, 4) is 0 Å². The van der Waals surface area contributed by atoms with Crippen molar-refractivity contribution in [2.75, 3.05) is 48.1 Å². The number of sulfonamides is 1. The average molecular weight is 398 g/mol. The first-order valence-corrected chi connectivity index (χ1v) is 10.8. The van der Waals surface area contributed by atoms with E-state index in [9.17, 15) is 8.42 Å². The fourth-order valence-electron chi connectivity index (χ4n) is 3.24. The number of hydrogen-bond donors (Lipinski definition) is 1. The van der Waals surface area contributed by atoms with Gasteiger partial charge in [0.2, 0.25) is 16.0 Å². The van der Waals surface area contributed by atoms with Crippen LogP contribution in [0.5, 0.6) is 0 Å². The normalized spacial score (nSPS) is 15.6. The van der Waals surface area contributed by atoms with Crippen LogP contribution in [-0.4, -0.2) is 66.7 Å². The summed E-state index contributed by atoms with van der Waals surface area (Å²) in [6, 6.07) is 10.9. The third kappa shape index (κ3) is 4.55. The highest BCUT2D eigenvalue weighted by atomic mass is 32.2. The van der Waals surface area contributed by atoms with Crippen molar-refractivity contribution in [2.24, 2.45) is 0 Å². The fourth-order valence-corrected chi connectivity index (χ4v) is 4.33. The van der Waals surface area contributed by atoms with Crippen LogP contribution in [0, 0.1) is 0 Å². The van der Waals surface area contributed by atoms with Crippen molar-refractivity contribution in [1.29, 1.82) is 0 Å². The molecule has 4 rings (SSSR count). The topological polar surface area (TPSA) is 91.3 Å². The lowest BCUT2D eigenvalue weighted by Crippen LogP contribution is -2.48. The van der Waals surface area contributed by atoms with Gasteiger partial charge in [-0.15, -0.1) is 0 Å². The Morgan fingerprint density at radius 1 is 0.929 bits per heavy atom. The lowest BCUT2D eigenvalue weighted by atomic mass is 10.2. The Hall–Kier alpha value is -2.78. The molecular weight excluding hydrogens is 376 g/mol. The fraction of sp³-hybridized carbons (Fsp3) is 0.316. The molecule has 8 nitrogen and oxygen atoms in total. The van der Waals surface area contributed by atoms with Crippen molar-refractivity contribution < 1.29 is 8.42 Å². The molecule has 0 bridgehead atoms. The molecule has 146 valence electrons. The molecule has 28 heavy (non-hydrogen) atoms. The molecule has 1 aliphatic rings. The molecule has 0 saturated carbocycles. The summed E-state index contributed by atoms with van der Waals surface area (Å²) < 4.78 is 27.6. The second kappa shape index (κ2) is 8.07. The summed E-state index contributed by atoms with van der Waals surface area (Å²) >= 11 is 0. The van der Waals surface area contributed by atoms with Crippen molar-refractivity contribution in [1.82, 2.24) is 19.9 Å². The van der Waals surface area contributed by atoms with Gasteiger partial charge in [0.15, 0.2) is 0 Å². The van der Waals surface area contributed by atoms with Crippen molar-refractivity contribution in [3.05, 3.63) is 55.0 Å². The van der Waals surface area contributed by atoms with E-state index < -0.39 is 10.0 Å². The van der Waals surface area contributed by atoms with E-state index in [0.29, 0.717) is 12.2 Å². The monoisotopic (exact) mass is 398 g/mol. The molecule has 0 radical (unpaired) electrons. The molecule has 1 aromatic carbocycles. The van der Waals surface area contributed by atoms with Crippen LogP contribution in [0.1, 0.15) is 0 Å². The number of nitrogens with zero attached hydrogens (tertiary/aromatic N) is 5. The van der Waals surface area contributed by atoms with Crippen molar-refractivity contribution in [2.45, 2.75) is 0 Å². The minimum Gasteiger partial charge on any atom is -0.338 e. The van der Waals surface area contributed by atoms with E-state index in [4.69, 9.17) is 0 Å². The number of aromatic nitrogens is 3. The van der Waals surface area contributed by atoms with Gasteiger partial charge in [-0.05, 0) is 30.3 Å². The molecule has 0 atom stereocenters. The highest BCUT2D eigenvalue weighted by Crippen LogP contribution is 2.18. The molecule has 3 aromatic rings. The average Bonchev–Trinajstić information content (AvgIpc) is 2.73. The highest BCUT2D eigenvalue weighted by molar-refractivity contribution is 7.92. The first kappa shape index (κ1) is 18.6. The van der Waals surface area contributed by atoms with Gasteiger partial charge < -0.3 is 4.90 Å². The quantitative estimate of drug-likeness (QED) is 0.674. The zero-order chi connectivity index (χ0) is 19.4. The first-order valence-electron chi connectivity index (χ1n) is 9.19. The van der Waals surface area contributed by atoms with Crippen LogP contribution in [-0.2, 0) is 10.0 Å². The van der Waals surface area contributed by atoms with Gasteiger partial charge in [0.1, 0.15) is 0 Å². The number of anilines is 2. The number of nitrogens with one attached hydrogen (secondary N) is 1. The van der Waals surface area contributed by atoms with Gasteiger partial charge in [0, 0.05) is 62.4 Å². The van der Waals surface area contributed by atoms with Crippen LogP contribution >= 0.6 is 0 Å². The number of rotatable bonds is 6. The maximum atomic E-state index is 12.5. The summed E-state index contributed by atoms with van der Waals surface area (Å²) in [5, 5.41) is 0.905. The minimum atomic E-state index is -3.42. The Labute approximate surface area is 164 Å². The largest absolute Gasteiger partial charge is 0.338 e. The zero-order valence-electron chi connectivity index (χ0n) is 15.4. The first-order chi connectivity index (χ1) is 13.6. The maximum absolute atomic E-state index is 12.5. The lowest BCUT2D eigenvalue weighted by molar-refractivity contribution is 0.270. The molecule has 1 saturated heterocycles. The molecule has 2 aromatic heterocycles. The molecule has 0 amide bonds. The highest BCUT2D eigenvalue weighted by Gasteiger charge is 2.20. The van der Waals surface area contributed by atoms with Crippen molar-refractivity contribution in [3.63, 3.8) is 0 Å². The predicted octanol–water partition coefficient (Wildman–Crippen LogP) is 1.59. The van der Waals surface area contributed by atoms with Gasteiger partial charge >= 0.3 is 0 Å². The van der Waals surface area contributed by atoms with Crippen LogP contribution in [0.2, 0.25) is 0 Å². The molecule has 1 fully saturated rings. The summed E-state index contributed by atoms with van der Waals surface area (Å²) in [5.74, 6) is 0.780. The second-order valence-corrected chi connectivity index (χ2v) is 8.55. The van der Waals surface area contributed by atoms with E-state index >= 15 is 0 Å². The van der Waals surface area contributed by atoms with E-state index in [2.05, 4.69) is 29.5 Å². The van der Waals surface area contributed by atoms with Gasteiger partial charge in [-0.3, -0.25) is 14.6 Å². The van der Waals surface area contributed by atoms with Crippen LogP contribution in [0.4, 0.5) is 11.6 Å². The van der Waals surface area contributed by atoms with E-state index in [0.717, 1.165) is 43.0 Å². The lowest BCUT2D eigenvalue weighted by Gasteiger charge is -2.34. The van der Waals surface area contributed by atoms with E-state index in [1.165, 1.54) is 0 Å². The molecule has 0 spiro atoms. The van der Waals surface area contributed by atoms with Gasteiger partial charge in [-0.1, -0.05) is 6.07 Å². The van der Waals surface area contributed by atoms with Crippen LogP contribution < -0.4 is 9.62 Å². The molecule has 9 heteroatoms. The van der Waals surface area contributed by atoms with Gasteiger partial charge in [-0.25, -0.2) is 18.4 Å². The third-order valence-corrected chi connectivity index (χ3v) is 6.03. The van der Waals surface area contributed by atoms with Crippen LogP contribution in [0.3, 0.4) is 0 Å². The Kier molecular flexibility index (Phi) is 5.36. The number of pyridine rings is 1. The summed E-state index contributed by atoms with van der Waals surface area (Å²) in [6.07, 6.45) is 5.18. The number of hydrogen-bond acceptors (Lipinski definition) is 7. The standard InChI is InChI=1S/C19H22N6O2S/c26-28(27,23-17-4-5-18-16(15-17)3-1-6-20-18)14-13-24-9-11-25(12-10-24)19-21-7-2-8-22-19/h1-8,15,23H,9-14H2. The molecule has 3 heterocycles. The van der Waals surface area contributed by atoms with Gasteiger partial charge in [-0.2, -0.15) is 0 Å². The van der Waals surface area contributed by atoms with Crippen LogP contribution in [0.15, 0.2) is 55.0 Å². The maximum Gasteiger partial charge on any atom is 0.233 e. The second-order valence-electron chi connectivity index (χ2n) is 6.71. The SMILES string of the molecule is O=S(=O)(CCN1CCN(c2ncccn2)CC1)Nc1ccc2ncccc2c1. The smallest absolute Gasteiger partial charge is 0.233 e. The summed E-state index contributed by atoms with van der Waals surface area (Å²) in [6.45, 7) is 3.64. The molecule has 1 aliphatic heterocycles. The molecular formula is C19H22N6O2S. The number of piperazine rings is 1. The molecule has 0 unspecified atom stereocenters. The molecule has 1 N–H and O–H groups in total. The summed E-state index contributed by atoms with van der Waals surface area (Å²) in [5.41, 5.74) is 1.40. The Morgan fingerprint density at radius 2 is 1.68 bits per heavy atom. The number of benzene rings is 1. The Bertz CT molecular complexity index is 1040. The van der Waals surface area contributed by atoms with E-state index in [-0.39, 0.29) is 5.75 Å². The van der Waals surface area contributed by atoms with Crippen LogP contribution in [0.25, 0.3) is 10.9 Å². The summed E-state index contributed by atoms with van der Waals surface area (Å²) in [7, 11) is -3.42. The predicted molar refractivity (Wildman–Crippen MR) is 110 cm³/mol. The third-order valence-electron chi connectivity index (χ3n) is 4.76. The van der Waals surface area contributed by atoms with E-state index in [1.54, 1.807) is 36.8 Å². The van der Waals surface area contributed by atoms with Crippen molar-refractivity contribution >= 4 is 32.6 Å². The molecule has 0 aliphatic carbocycles. The minimum absolute atomic E-state index is 0.0555. The van der Waals surface area contributed by atoms with E-state index in [1.807, 2.05) is 18.2 Å². The Morgan fingerprint density at radius 3 is 2.46 bits per heavy atom. The summed E-state index contributed by atoms with van der Waals surface area (Å²) in [4.78, 5) is 17.1. The Balaban J connectivity index is 1.30. The zero-order valence-corrected chi connectivity index (χ0v) is 16.2. The number of fused-ring (bicyclic) bond motifs is 1. The van der Waals surface area contributed by atoms with Gasteiger partial charge in [0.05, 0.1) is 11.3 Å². The van der Waals surface area contributed by atoms with Gasteiger partial charge in [0.25, 0.3) is 0 Å².